The van der Waals surface area contributed by atoms with E-state index in [1.165, 1.54) is 38.9 Å². The van der Waals surface area contributed by atoms with Crippen molar-refractivity contribution >= 4 is 0 Å². The summed E-state index contributed by atoms with van der Waals surface area (Å²) in [5.41, 5.74) is 0.554. The quantitative estimate of drug-likeness (QED) is 0.836. The maximum Gasteiger partial charge on any atom is 0.0641 e. The van der Waals surface area contributed by atoms with E-state index in [1.54, 1.807) is 0 Å². The highest BCUT2D eigenvalue weighted by Gasteiger charge is 2.32. The van der Waals surface area contributed by atoms with Crippen molar-refractivity contribution in [2.24, 2.45) is 5.41 Å². The van der Waals surface area contributed by atoms with Crippen LogP contribution in [0.5, 0.6) is 0 Å². The molecular weight excluding hydrogens is 224 g/mol. The molecule has 3 heteroatoms. The Morgan fingerprint density at radius 1 is 1.22 bits per heavy atom. The van der Waals surface area contributed by atoms with Gasteiger partial charge in [0.05, 0.1) is 5.60 Å². The zero-order chi connectivity index (χ0) is 13.2. The Balaban J connectivity index is 1.77. The van der Waals surface area contributed by atoms with Crippen LogP contribution in [-0.2, 0) is 4.74 Å². The Bertz CT molecular complexity index is 270. The van der Waals surface area contributed by atoms with Crippen LogP contribution in [-0.4, -0.2) is 49.8 Å². The molecule has 3 nitrogen and oxygen atoms in total. The Hall–Kier alpha value is -0.120. The molecule has 0 aromatic carbocycles. The number of likely N-dealkylation sites (tertiary alicyclic amines) is 1. The minimum absolute atomic E-state index is 0.0591. The van der Waals surface area contributed by atoms with E-state index in [1.807, 2.05) is 0 Å². The van der Waals surface area contributed by atoms with E-state index in [2.05, 4.69) is 38.0 Å². The molecule has 0 radical (unpaired) electrons. The summed E-state index contributed by atoms with van der Waals surface area (Å²) in [6.07, 6.45) is 4.95. The van der Waals surface area contributed by atoms with Gasteiger partial charge in [-0.3, -0.25) is 0 Å². The summed E-state index contributed by atoms with van der Waals surface area (Å²) in [7, 11) is 2.23. The van der Waals surface area contributed by atoms with Crippen LogP contribution in [0.4, 0.5) is 0 Å². The topological polar surface area (TPSA) is 24.5 Å². The van der Waals surface area contributed by atoms with Crippen LogP contribution in [0.2, 0.25) is 0 Å². The third kappa shape index (κ3) is 3.94. The van der Waals surface area contributed by atoms with Gasteiger partial charge in [0, 0.05) is 19.2 Å². The molecule has 0 spiro atoms. The standard InChI is InChI=1S/C15H30N2O/c1-14(2)11-13(5-10-18-14)16-12-15(3)6-8-17(4)9-7-15/h13,16H,5-12H2,1-4H3. The molecule has 2 rings (SSSR count). The molecule has 0 saturated carbocycles. The van der Waals surface area contributed by atoms with Crippen LogP contribution in [0.3, 0.4) is 0 Å². The normalized spacial score (nSPS) is 32.3. The first-order valence-corrected chi connectivity index (χ1v) is 7.45. The van der Waals surface area contributed by atoms with Gasteiger partial charge in [-0.05, 0) is 65.1 Å². The number of ether oxygens (including phenoxy) is 1. The lowest BCUT2D eigenvalue weighted by Crippen LogP contribution is -2.48. The number of hydrogen-bond donors (Lipinski definition) is 1. The van der Waals surface area contributed by atoms with Crippen molar-refractivity contribution in [2.45, 2.75) is 58.1 Å². The number of nitrogens with one attached hydrogen (secondary N) is 1. The molecule has 2 fully saturated rings. The fourth-order valence-electron chi connectivity index (χ4n) is 3.13. The average Bonchev–Trinajstić information content (AvgIpc) is 2.30. The molecule has 2 aliphatic rings. The van der Waals surface area contributed by atoms with Gasteiger partial charge in [0.15, 0.2) is 0 Å². The van der Waals surface area contributed by atoms with E-state index < -0.39 is 0 Å². The third-order valence-corrected chi connectivity index (χ3v) is 4.71. The Morgan fingerprint density at radius 3 is 2.50 bits per heavy atom. The van der Waals surface area contributed by atoms with E-state index >= 15 is 0 Å². The second kappa shape index (κ2) is 5.48. The molecule has 0 amide bonds. The van der Waals surface area contributed by atoms with Gasteiger partial charge in [-0.1, -0.05) is 6.92 Å². The van der Waals surface area contributed by atoms with Crippen LogP contribution >= 0.6 is 0 Å². The van der Waals surface area contributed by atoms with Crippen molar-refractivity contribution < 1.29 is 4.74 Å². The van der Waals surface area contributed by atoms with Crippen LogP contribution in [0.1, 0.15) is 46.5 Å². The Morgan fingerprint density at radius 2 is 1.89 bits per heavy atom. The molecule has 2 saturated heterocycles. The molecule has 106 valence electrons. The Kier molecular flexibility index (Phi) is 4.35. The van der Waals surface area contributed by atoms with Crippen LogP contribution < -0.4 is 5.32 Å². The molecule has 2 heterocycles. The summed E-state index contributed by atoms with van der Waals surface area (Å²) >= 11 is 0. The number of rotatable bonds is 3. The molecule has 1 atom stereocenters. The molecule has 1 unspecified atom stereocenters. The molecule has 0 aromatic heterocycles. The van der Waals surface area contributed by atoms with Crippen molar-refractivity contribution in [2.75, 3.05) is 33.3 Å². The van der Waals surface area contributed by atoms with Gasteiger partial charge in [-0.2, -0.15) is 0 Å². The molecule has 0 bridgehead atoms. The number of piperidine rings is 1. The van der Waals surface area contributed by atoms with E-state index in [0.717, 1.165) is 13.0 Å². The van der Waals surface area contributed by atoms with Gasteiger partial charge in [0.2, 0.25) is 0 Å². The minimum Gasteiger partial charge on any atom is -0.375 e. The summed E-state index contributed by atoms with van der Waals surface area (Å²) in [4.78, 5) is 2.44. The Labute approximate surface area is 112 Å². The van der Waals surface area contributed by atoms with Crippen LogP contribution in [0.15, 0.2) is 0 Å². The summed E-state index contributed by atoms with van der Waals surface area (Å²) in [5, 5.41) is 3.80. The fraction of sp³-hybridized carbons (Fsp3) is 1.00. The second-order valence-electron chi connectivity index (χ2n) is 7.29. The van der Waals surface area contributed by atoms with Crippen molar-refractivity contribution in [1.29, 1.82) is 0 Å². The predicted molar refractivity (Wildman–Crippen MR) is 75.9 cm³/mol. The lowest BCUT2D eigenvalue weighted by Gasteiger charge is -2.41. The predicted octanol–water partition coefficient (Wildman–Crippen LogP) is 2.27. The van der Waals surface area contributed by atoms with Crippen molar-refractivity contribution in [3.63, 3.8) is 0 Å². The summed E-state index contributed by atoms with van der Waals surface area (Å²) in [6.45, 7) is 11.4. The van der Waals surface area contributed by atoms with E-state index in [0.29, 0.717) is 11.5 Å². The van der Waals surface area contributed by atoms with E-state index in [4.69, 9.17) is 4.74 Å². The highest BCUT2D eigenvalue weighted by atomic mass is 16.5. The largest absolute Gasteiger partial charge is 0.375 e. The minimum atomic E-state index is 0.0591. The maximum atomic E-state index is 5.78. The summed E-state index contributed by atoms with van der Waals surface area (Å²) in [6, 6.07) is 0.644. The zero-order valence-corrected chi connectivity index (χ0v) is 12.6. The molecular formula is C15H30N2O. The third-order valence-electron chi connectivity index (χ3n) is 4.71. The monoisotopic (exact) mass is 254 g/mol. The first-order valence-electron chi connectivity index (χ1n) is 7.45. The van der Waals surface area contributed by atoms with E-state index in [-0.39, 0.29) is 5.60 Å². The van der Waals surface area contributed by atoms with Crippen LogP contribution in [0.25, 0.3) is 0 Å². The van der Waals surface area contributed by atoms with Crippen molar-refractivity contribution in [1.82, 2.24) is 10.2 Å². The van der Waals surface area contributed by atoms with Gasteiger partial charge in [0.25, 0.3) is 0 Å². The first kappa shape index (κ1) is 14.3. The lowest BCUT2D eigenvalue weighted by molar-refractivity contribution is -0.0642. The van der Waals surface area contributed by atoms with Gasteiger partial charge in [-0.25, -0.2) is 0 Å². The fourth-order valence-corrected chi connectivity index (χ4v) is 3.13. The van der Waals surface area contributed by atoms with Crippen molar-refractivity contribution in [3.05, 3.63) is 0 Å². The molecule has 1 N–H and O–H groups in total. The van der Waals surface area contributed by atoms with Gasteiger partial charge >= 0.3 is 0 Å². The number of hydrogen-bond acceptors (Lipinski definition) is 3. The zero-order valence-electron chi connectivity index (χ0n) is 12.6. The summed E-state index contributed by atoms with van der Waals surface area (Å²) < 4.78 is 5.78. The van der Waals surface area contributed by atoms with Crippen LogP contribution in [0, 0.1) is 5.41 Å². The summed E-state index contributed by atoms with van der Waals surface area (Å²) in [5.74, 6) is 0. The second-order valence-corrected chi connectivity index (χ2v) is 7.29. The first-order chi connectivity index (χ1) is 8.39. The molecule has 18 heavy (non-hydrogen) atoms. The van der Waals surface area contributed by atoms with Gasteiger partial charge in [0.1, 0.15) is 0 Å². The maximum absolute atomic E-state index is 5.78. The SMILES string of the molecule is CN1CCC(C)(CNC2CCOC(C)(C)C2)CC1. The van der Waals surface area contributed by atoms with Gasteiger partial charge in [-0.15, -0.1) is 0 Å². The molecule has 2 aliphatic heterocycles. The average molecular weight is 254 g/mol. The smallest absolute Gasteiger partial charge is 0.0641 e. The lowest BCUT2D eigenvalue weighted by atomic mass is 9.80. The number of nitrogens with zero attached hydrogens (tertiary/aromatic N) is 1. The van der Waals surface area contributed by atoms with Gasteiger partial charge < -0.3 is 15.0 Å². The highest BCUT2D eigenvalue weighted by Crippen LogP contribution is 2.30. The van der Waals surface area contributed by atoms with Crippen molar-refractivity contribution in [3.8, 4) is 0 Å². The van der Waals surface area contributed by atoms with E-state index in [9.17, 15) is 0 Å². The molecule has 0 aromatic rings. The highest BCUT2D eigenvalue weighted by molar-refractivity contribution is 4.88. The molecule has 0 aliphatic carbocycles.